The topological polar surface area (TPSA) is 189 Å². The molecule has 1 aliphatic rings. The Bertz CT molecular complexity index is 1360. The molecule has 440 valence electrons. The van der Waals surface area contributed by atoms with E-state index >= 15 is 0 Å². The first-order chi connectivity index (χ1) is 36.7. The van der Waals surface area contributed by atoms with E-state index < -0.39 is 74.2 Å². The van der Waals surface area contributed by atoms with Crippen LogP contribution in [0.5, 0.6) is 0 Å². The molecule has 11 heteroatoms. The molecule has 1 rings (SSSR count). The Labute approximate surface area is 459 Å². The van der Waals surface area contributed by atoms with Gasteiger partial charge in [-0.05, 0) is 77.0 Å². The monoisotopic (exact) mass is 1060 g/mol. The molecule has 0 bridgehead atoms. The summed E-state index contributed by atoms with van der Waals surface area (Å²) in [6, 6.07) is -1.20. The summed E-state index contributed by atoms with van der Waals surface area (Å²) in [5, 5.41) is 76.2. The molecular weight excluding hydrogens is 943 g/mol. The van der Waals surface area contributed by atoms with E-state index in [1.165, 1.54) is 186 Å². The van der Waals surface area contributed by atoms with Gasteiger partial charge in [0.15, 0.2) is 6.29 Å². The third-order valence-corrected chi connectivity index (χ3v) is 15.1. The lowest BCUT2D eigenvalue weighted by Crippen LogP contribution is -2.60. The SMILES string of the molecule is CCCCC/C=C\C=C/CCCCCCCCCCCC(O)C(=O)NC(COC1OC(CO)C(O)C(O)C1O)C(O)C(O)CCC/C=C/CC/C=C/CCCCCCCCCCCCCCCCCCCCCCC. The third-order valence-electron chi connectivity index (χ3n) is 15.1. The molecule has 0 spiro atoms. The van der Waals surface area contributed by atoms with Crippen LogP contribution in [0.1, 0.15) is 284 Å². The molecule has 1 fully saturated rings. The van der Waals surface area contributed by atoms with E-state index in [0.717, 1.165) is 51.4 Å². The van der Waals surface area contributed by atoms with Crippen LogP contribution in [0.3, 0.4) is 0 Å². The van der Waals surface area contributed by atoms with Crippen LogP contribution in [-0.2, 0) is 14.3 Å². The fourth-order valence-electron chi connectivity index (χ4n) is 9.98. The van der Waals surface area contributed by atoms with Crippen molar-refractivity contribution in [3.63, 3.8) is 0 Å². The number of amides is 1. The van der Waals surface area contributed by atoms with E-state index in [-0.39, 0.29) is 12.8 Å². The fourth-order valence-corrected chi connectivity index (χ4v) is 9.98. The maximum Gasteiger partial charge on any atom is 0.249 e. The summed E-state index contributed by atoms with van der Waals surface area (Å²) in [5.74, 6) is -0.714. The second-order valence-electron chi connectivity index (χ2n) is 22.1. The molecule has 0 aliphatic carbocycles. The zero-order valence-electron chi connectivity index (χ0n) is 48.3. The zero-order chi connectivity index (χ0) is 54.7. The van der Waals surface area contributed by atoms with Gasteiger partial charge in [-0.1, -0.05) is 255 Å². The number of allylic oxidation sites excluding steroid dienone is 8. The first-order valence-electron chi connectivity index (χ1n) is 31.6. The lowest BCUT2D eigenvalue weighted by Gasteiger charge is -2.40. The van der Waals surface area contributed by atoms with Crippen molar-refractivity contribution < 1.29 is 50.0 Å². The molecule has 1 saturated heterocycles. The third kappa shape index (κ3) is 40.9. The number of hydrogen-bond acceptors (Lipinski definition) is 10. The Morgan fingerprint density at radius 1 is 0.467 bits per heavy atom. The van der Waals surface area contributed by atoms with Crippen LogP contribution in [0.4, 0.5) is 0 Å². The number of unbranched alkanes of at least 4 members (excludes halogenated alkanes) is 35. The van der Waals surface area contributed by atoms with E-state index in [4.69, 9.17) is 9.47 Å². The van der Waals surface area contributed by atoms with Gasteiger partial charge in [-0.3, -0.25) is 4.79 Å². The van der Waals surface area contributed by atoms with Gasteiger partial charge < -0.3 is 50.5 Å². The summed E-state index contributed by atoms with van der Waals surface area (Å²) in [6.07, 6.45) is 56.1. The van der Waals surface area contributed by atoms with Crippen molar-refractivity contribution in [2.75, 3.05) is 13.2 Å². The normalized spacial score (nSPS) is 20.0. The second-order valence-corrected chi connectivity index (χ2v) is 22.1. The Morgan fingerprint density at radius 3 is 1.29 bits per heavy atom. The van der Waals surface area contributed by atoms with Crippen molar-refractivity contribution in [2.24, 2.45) is 0 Å². The second kappa shape index (κ2) is 52.8. The van der Waals surface area contributed by atoms with Crippen LogP contribution < -0.4 is 5.32 Å². The van der Waals surface area contributed by atoms with Crippen LogP contribution in [0.25, 0.3) is 0 Å². The predicted molar refractivity (Wildman–Crippen MR) is 311 cm³/mol. The quantitative estimate of drug-likeness (QED) is 0.0165. The van der Waals surface area contributed by atoms with Crippen molar-refractivity contribution in [3.8, 4) is 0 Å². The van der Waals surface area contributed by atoms with Crippen molar-refractivity contribution in [1.82, 2.24) is 5.32 Å². The molecule has 0 radical (unpaired) electrons. The first kappa shape index (κ1) is 71.1. The van der Waals surface area contributed by atoms with Crippen molar-refractivity contribution in [2.45, 2.75) is 339 Å². The molecule has 11 nitrogen and oxygen atoms in total. The lowest BCUT2D eigenvalue weighted by molar-refractivity contribution is -0.303. The highest BCUT2D eigenvalue weighted by atomic mass is 16.7. The number of aliphatic hydroxyl groups excluding tert-OH is 7. The van der Waals surface area contributed by atoms with Gasteiger partial charge in [0.1, 0.15) is 36.6 Å². The van der Waals surface area contributed by atoms with Crippen molar-refractivity contribution in [1.29, 1.82) is 0 Å². The van der Waals surface area contributed by atoms with E-state index in [9.17, 15) is 40.5 Å². The van der Waals surface area contributed by atoms with Gasteiger partial charge in [-0.25, -0.2) is 0 Å². The number of ether oxygens (including phenoxy) is 2. The van der Waals surface area contributed by atoms with Gasteiger partial charge >= 0.3 is 0 Å². The van der Waals surface area contributed by atoms with Crippen LogP contribution in [0, 0.1) is 0 Å². The van der Waals surface area contributed by atoms with Crippen molar-refractivity contribution in [3.05, 3.63) is 48.6 Å². The first-order valence-corrected chi connectivity index (χ1v) is 31.6. The molecule has 0 aromatic rings. The molecule has 1 heterocycles. The minimum Gasteiger partial charge on any atom is -0.394 e. The molecule has 0 aromatic heterocycles. The Kier molecular flexibility index (Phi) is 50.0. The number of aliphatic hydroxyl groups is 7. The predicted octanol–water partition coefficient (Wildman–Crippen LogP) is 14.0. The number of nitrogens with one attached hydrogen (secondary N) is 1. The number of carbonyl (C=O) groups excluding carboxylic acids is 1. The Morgan fingerprint density at radius 2 is 0.840 bits per heavy atom. The highest BCUT2D eigenvalue weighted by Gasteiger charge is 2.44. The highest BCUT2D eigenvalue weighted by Crippen LogP contribution is 2.23. The average Bonchev–Trinajstić information content (AvgIpc) is 3.41. The van der Waals surface area contributed by atoms with Gasteiger partial charge in [-0.15, -0.1) is 0 Å². The zero-order valence-corrected chi connectivity index (χ0v) is 48.3. The largest absolute Gasteiger partial charge is 0.394 e. The molecular formula is C64H119NO10. The van der Waals surface area contributed by atoms with Crippen molar-refractivity contribution >= 4 is 5.91 Å². The standard InChI is InChI=1S/C64H119NO10/c1-3-5-7-9-11-13-15-17-19-21-23-24-25-26-27-28-29-30-31-32-33-34-36-37-39-41-43-45-47-49-51-56(67)59(69)55(54-74-64-62(72)61(71)60(70)58(53-66)75-64)65-63(73)57(68)52-50-48-46-44-42-40-38-35-22-20-18-16-14-12-10-8-6-4-2/h12,14,16,18,36-37,43,45,55-62,64,66-72H,3-11,13,15,17,19-35,38-42,44,46-54H2,1-2H3,(H,65,73)/b14-12-,18-16-,37-36+,45-43+. The average molecular weight is 1060 g/mol. The van der Waals surface area contributed by atoms with E-state index in [0.29, 0.717) is 19.3 Å². The number of carbonyl (C=O) groups is 1. The maximum absolute atomic E-state index is 13.2. The summed E-state index contributed by atoms with van der Waals surface area (Å²) < 4.78 is 11.1. The van der Waals surface area contributed by atoms with Gasteiger partial charge in [-0.2, -0.15) is 0 Å². The van der Waals surface area contributed by atoms with E-state index in [1.54, 1.807) is 0 Å². The van der Waals surface area contributed by atoms with Gasteiger partial charge in [0.2, 0.25) is 5.91 Å². The molecule has 0 saturated carbocycles. The smallest absolute Gasteiger partial charge is 0.249 e. The van der Waals surface area contributed by atoms with E-state index in [1.807, 2.05) is 0 Å². The molecule has 75 heavy (non-hydrogen) atoms. The molecule has 0 aromatic carbocycles. The molecule has 8 N–H and O–H groups in total. The summed E-state index contributed by atoms with van der Waals surface area (Å²) in [4.78, 5) is 13.2. The van der Waals surface area contributed by atoms with Gasteiger partial charge in [0.05, 0.1) is 25.4 Å². The van der Waals surface area contributed by atoms with Crippen LogP contribution in [-0.4, -0.2) is 110 Å². The summed E-state index contributed by atoms with van der Waals surface area (Å²) >= 11 is 0. The highest BCUT2D eigenvalue weighted by molar-refractivity contribution is 5.80. The molecule has 1 amide bonds. The van der Waals surface area contributed by atoms with Crippen LogP contribution in [0.2, 0.25) is 0 Å². The summed E-state index contributed by atoms with van der Waals surface area (Å²) in [7, 11) is 0. The maximum atomic E-state index is 13.2. The minimum absolute atomic E-state index is 0.244. The Hall–Kier alpha value is -1.93. The molecule has 1 aliphatic heterocycles. The number of hydrogen-bond donors (Lipinski definition) is 8. The lowest BCUT2D eigenvalue weighted by atomic mass is 9.98. The van der Waals surface area contributed by atoms with E-state index in [2.05, 4.69) is 67.8 Å². The Balaban J connectivity index is 2.27. The summed E-state index contributed by atoms with van der Waals surface area (Å²) in [5.41, 5.74) is 0. The van der Waals surface area contributed by atoms with Gasteiger partial charge in [0.25, 0.3) is 0 Å². The van der Waals surface area contributed by atoms with Gasteiger partial charge in [0, 0.05) is 0 Å². The van der Waals surface area contributed by atoms with Crippen LogP contribution in [0.15, 0.2) is 48.6 Å². The molecule has 9 atom stereocenters. The fraction of sp³-hybridized carbons (Fsp3) is 0.859. The molecule has 9 unspecified atom stereocenters. The summed E-state index contributed by atoms with van der Waals surface area (Å²) in [6.45, 7) is 3.43. The minimum atomic E-state index is -1.67. The van der Waals surface area contributed by atoms with Crippen LogP contribution >= 0.6 is 0 Å². The number of rotatable bonds is 54.